The zero-order chi connectivity index (χ0) is 12.7. The van der Waals surface area contributed by atoms with Gasteiger partial charge in [-0.2, -0.15) is 0 Å². The second-order valence-electron chi connectivity index (χ2n) is 4.33. The molecule has 0 radical (unpaired) electrons. The molecule has 3 nitrogen and oxygen atoms in total. The van der Waals surface area contributed by atoms with Gasteiger partial charge in [0.2, 0.25) is 0 Å². The van der Waals surface area contributed by atoms with E-state index >= 15 is 0 Å². The van der Waals surface area contributed by atoms with E-state index in [1.807, 2.05) is 39.0 Å². The highest BCUT2D eigenvalue weighted by Gasteiger charge is 2.11. The van der Waals surface area contributed by atoms with Gasteiger partial charge in [0, 0.05) is 0 Å². The van der Waals surface area contributed by atoms with E-state index in [1.54, 1.807) is 0 Å². The fourth-order valence-corrected chi connectivity index (χ4v) is 1.54. The van der Waals surface area contributed by atoms with Crippen molar-refractivity contribution in [2.24, 2.45) is 0 Å². The van der Waals surface area contributed by atoms with E-state index in [1.165, 1.54) is 0 Å². The Morgan fingerprint density at radius 2 is 1.71 bits per heavy atom. The van der Waals surface area contributed by atoms with Gasteiger partial charge >= 0.3 is 0 Å². The summed E-state index contributed by atoms with van der Waals surface area (Å²) >= 11 is 0. The highest BCUT2D eigenvalue weighted by Crippen LogP contribution is 2.18. The van der Waals surface area contributed by atoms with Crippen LogP contribution in [0.5, 0.6) is 0 Å². The standard InChI is InChI=1S/C14H22O3/c1-11(9-15)16-10-12(2)17-13(3)14-7-5-4-6-8-14/h4-8,11-13,15H,9-10H2,1-3H3. The average molecular weight is 238 g/mol. The number of hydrogen-bond donors (Lipinski definition) is 1. The molecule has 1 N–H and O–H groups in total. The van der Waals surface area contributed by atoms with Gasteiger partial charge in [0.25, 0.3) is 0 Å². The Balaban J connectivity index is 2.33. The maximum atomic E-state index is 8.84. The molecular weight excluding hydrogens is 216 g/mol. The second kappa shape index (κ2) is 7.43. The molecule has 1 aromatic rings. The average Bonchev–Trinajstić information content (AvgIpc) is 2.36. The predicted octanol–water partition coefficient (Wildman–Crippen LogP) is 2.55. The number of benzene rings is 1. The van der Waals surface area contributed by atoms with Crippen molar-refractivity contribution in [1.29, 1.82) is 0 Å². The molecule has 0 fully saturated rings. The summed E-state index contributed by atoms with van der Waals surface area (Å²) in [4.78, 5) is 0. The van der Waals surface area contributed by atoms with Crippen LogP contribution in [0.3, 0.4) is 0 Å². The van der Waals surface area contributed by atoms with Crippen LogP contribution in [0, 0.1) is 0 Å². The monoisotopic (exact) mass is 238 g/mol. The Morgan fingerprint density at radius 1 is 1.06 bits per heavy atom. The van der Waals surface area contributed by atoms with Crippen LogP contribution in [-0.2, 0) is 9.47 Å². The summed E-state index contributed by atoms with van der Waals surface area (Å²) in [7, 11) is 0. The van der Waals surface area contributed by atoms with Gasteiger partial charge in [-0.25, -0.2) is 0 Å². The molecule has 0 aliphatic heterocycles. The van der Waals surface area contributed by atoms with E-state index in [0.717, 1.165) is 5.56 Å². The van der Waals surface area contributed by atoms with Gasteiger partial charge in [0.1, 0.15) is 0 Å². The summed E-state index contributed by atoms with van der Waals surface area (Å²) in [6.07, 6.45) is -0.0634. The summed E-state index contributed by atoms with van der Waals surface area (Å²) in [5.41, 5.74) is 1.16. The van der Waals surface area contributed by atoms with E-state index in [9.17, 15) is 0 Å². The van der Waals surface area contributed by atoms with Crippen LogP contribution in [0.4, 0.5) is 0 Å². The van der Waals surface area contributed by atoms with Crippen molar-refractivity contribution in [3.63, 3.8) is 0 Å². The van der Waals surface area contributed by atoms with E-state index < -0.39 is 0 Å². The number of aliphatic hydroxyl groups is 1. The van der Waals surface area contributed by atoms with Crippen molar-refractivity contribution in [3.8, 4) is 0 Å². The lowest BCUT2D eigenvalue weighted by atomic mass is 10.1. The quantitative estimate of drug-likeness (QED) is 0.793. The number of ether oxygens (including phenoxy) is 2. The van der Waals surface area contributed by atoms with Crippen LogP contribution in [-0.4, -0.2) is 30.5 Å². The molecule has 0 aliphatic rings. The van der Waals surface area contributed by atoms with Gasteiger partial charge in [0.05, 0.1) is 31.5 Å². The summed E-state index contributed by atoms with van der Waals surface area (Å²) < 4.78 is 11.2. The van der Waals surface area contributed by atoms with Gasteiger partial charge in [-0.3, -0.25) is 0 Å². The minimum atomic E-state index is -0.131. The van der Waals surface area contributed by atoms with Gasteiger partial charge in [-0.15, -0.1) is 0 Å². The number of aliphatic hydroxyl groups excluding tert-OH is 1. The van der Waals surface area contributed by atoms with E-state index in [0.29, 0.717) is 6.61 Å². The van der Waals surface area contributed by atoms with Gasteiger partial charge < -0.3 is 14.6 Å². The van der Waals surface area contributed by atoms with Gasteiger partial charge in [-0.1, -0.05) is 30.3 Å². The van der Waals surface area contributed by atoms with Crippen molar-refractivity contribution in [2.75, 3.05) is 13.2 Å². The molecule has 0 aliphatic carbocycles. The van der Waals surface area contributed by atoms with E-state index in [4.69, 9.17) is 14.6 Å². The first-order valence-corrected chi connectivity index (χ1v) is 6.06. The Bertz CT molecular complexity index is 300. The van der Waals surface area contributed by atoms with Crippen molar-refractivity contribution >= 4 is 0 Å². The lowest BCUT2D eigenvalue weighted by Crippen LogP contribution is -2.23. The molecule has 96 valence electrons. The molecule has 1 aromatic carbocycles. The third-order valence-corrected chi connectivity index (χ3v) is 2.58. The topological polar surface area (TPSA) is 38.7 Å². The van der Waals surface area contributed by atoms with Crippen molar-refractivity contribution in [3.05, 3.63) is 35.9 Å². The number of hydrogen-bond acceptors (Lipinski definition) is 3. The highest BCUT2D eigenvalue weighted by atomic mass is 16.5. The molecule has 0 spiro atoms. The van der Waals surface area contributed by atoms with Gasteiger partial charge in [0.15, 0.2) is 0 Å². The Labute approximate surface area is 103 Å². The Morgan fingerprint density at radius 3 is 2.29 bits per heavy atom. The van der Waals surface area contributed by atoms with E-state index in [2.05, 4.69) is 12.1 Å². The van der Waals surface area contributed by atoms with Crippen LogP contribution in [0.1, 0.15) is 32.4 Å². The minimum absolute atomic E-state index is 0.0132. The highest BCUT2D eigenvalue weighted by molar-refractivity contribution is 5.16. The number of rotatable bonds is 7. The van der Waals surface area contributed by atoms with E-state index in [-0.39, 0.29) is 24.9 Å². The predicted molar refractivity (Wildman–Crippen MR) is 67.9 cm³/mol. The molecule has 0 saturated heterocycles. The molecule has 0 heterocycles. The first-order chi connectivity index (χ1) is 8.13. The van der Waals surface area contributed by atoms with Crippen molar-refractivity contribution < 1.29 is 14.6 Å². The molecule has 0 aromatic heterocycles. The largest absolute Gasteiger partial charge is 0.394 e. The lowest BCUT2D eigenvalue weighted by molar-refractivity contribution is -0.0687. The molecule has 1 rings (SSSR count). The zero-order valence-electron chi connectivity index (χ0n) is 10.8. The zero-order valence-corrected chi connectivity index (χ0v) is 10.8. The first-order valence-electron chi connectivity index (χ1n) is 6.06. The smallest absolute Gasteiger partial charge is 0.0801 e. The maximum absolute atomic E-state index is 8.84. The SMILES string of the molecule is CC(CO)OCC(C)OC(C)c1ccccc1. The Kier molecular flexibility index (Phi) is 6.19. The molecule has 3 heteroatoms. The summed E-state index contributed by atoms with van der Waals surface area (Å²) in [6.45, 7) is 6.39. The third kappa shape index (κ3) is 5.31. The summed E-state index contributed by atoms with van der Waals surface area (Å²) in [6, 6.07) is 10.1. The van der Waals surface area contributed by atoms with Crippen molar-refractivity contribution in [2.45, 2.75) is 39.1 Å². The Hall–Kier alpha value is -0.900. The molecule has 0 saturated carbocycles. The second-order valence-corrected chi connectivity index (χ2v) is 4.33. The van der Waals surface area contributed by atoms with Crippen LogP contribution < -0.4 is 0 Å². The normalized spacial score (nSPS) is 16.5. The van der Waals surface area contributed by atoms with Crippen LogP contribution in [0.25, 0.3) is 0 Å². The first kappa shape index (κ1) is 14.2. The fraction of sp³-hybridized carbons (Fsp3) is 0.571. The molecule has 3 unspecified atom stereocenters. The molecule has 3 atom stereocenters. The molecule has 0 bridgehead atoms. The molecular formula is C14H22O3. The maximum Gasteiger partial charge on any atom is 0.0801 e. The van der Waals surface area contributed by atoms with Crippen LogP contribution >= 0.6 is 0 Å². The summed E-state index contributed by atoms with van der Waals surface area (Å²) in [5.74, 6) is 0. The van der Waals surface area contributed by atoms with Crippen LogP contribution in [0.2, 0.25) is 0 Å². The van der Waals surface area contributed by atoms with Gasteiger partial charge in [-0.05, 0) is 26.3 Å². The third-order valence-electron chi connectivity index (χ3n) is 2.58. The molecule has 0 amide bonds. The van der Waals surface area contributed by atoms with Crippen molar-refractivity contribution in [1.82, 2.24) is 0 Å². The lowest BCUT2D eigenvalue weighted by Gasteiger charge is -2.21. The minimum Gasteiger partial charge on any atom is -0.394 e. The van der Waals surface area contributed by atoms with Crippen LogP contribution in [0.15, 0.2) is 30.3 Å². The summed E-state index contributed by atoms with van der Waals surface area (Å²) in [5, 5.41) is 8.84. The molecule has 17 heavy (non-hydrogen) atoms. The fourth-order valence-electron chi connectivity index (χ4n) is 1.54.